The Morgan fingerprint density at radius 1 is 1.03 bits per heavy atom. The fourth-order valence-electron chi connectivity index (χ4n) is 3.92. The number of nitrogens with one attached hydrogen (secondary N) is 1. The average molecular weight is 431 g/mol. The molecule has 1 fully saturated rings. The van der Waals surface area contributed by atoms with Gasteiger partial charge in [-0.3, -0.25) is 0 Å². The number of hydrogen-bond donors (Lipinski definition) is 2. The summed E-state index contributed by atoms with van der Waals surface area (Å²) >= 11 is 0. The number of hydrogen-bond acceptors (Lipinski definition) is 5. The summed E-state index contributed by atoms with van der Waals surface area (Å²) in [5.41, 5.74) is 7.10. The smallest absolute Gasteiger partial charge is 0.408 e. The maximum atomic E-state index is 13.5. The van der Waals surface area contributed by atoms with E-state index in [4.69, 9.17) is 10.5 Å². The van der Waals surface area contributed by atoms with Crippen molar-refractivity contribution in [2.75, 3.05) is 6.54 Å². The predicted octanol–water partition coefficient (Wildman–Crippen LogP) is 3.47. The van der Waals surface area contributed by atoms with Gasteiger partial charge in [-0.05, 0) is 52.3 Å². The summed E-state index contributed by atoms with van der Waals surface area (Å²) < 4.78 is 32.5. The Balaban J connectivity index is 2.03. The van der Waals surface area contributed by atoms with Gasteiger partial charge in [0.2, 0.25) is 0 Å². The SMILES string of the molecule is Cc1ccc([C@@H]2[C@@H](S(=O)(=O)c3ccc(C)cc3)[C@]2(CN)NC(=O)OC(C)(C)C)cc1. The van der Waals surface area contributed by atoms with Gasteiger partial charge in [-0.25, -0.2) is 13.2 Å². The van der Waals surface area contributed by atoms with Crippen LogP contribution in [0.1, 0.15) is 43.4 Å². The molecule has 6 nitrogen and oxygen atoms in total. The van der Waals surface area contributed by atoms with Gasteiger partial charge in [0.15, 0.2) is 9.84 Å². The van der Waals surface area contributed by atoms with E-state index in [1.807, 2.05) is 38.1 Å². The van der Waals surface area contributed by atoms with Crippen LogP contribution in [-0.2, 0) is 14.6 Å². The van der Waals surface area contributed by atoms with Gasteiger partial charge >= 0.3 is 6.09 Å². The number of ether oxygens (including phenoxy) is 1. The van der Waals surface area contributed by atoms with Crippen LogP contribution < -0.4 is 11.1 Å². The number of carbonyl (C=O) groups excluding carboxylic acids is 1. The Kier molecular flexibility index (Phi) is 5.73. The van der Waals surface area contributed by atoms with Crippen LogP contribution in [0, 0.1) is 13.8 Å². The van der Waals surface area contributed by atoms with E-state index in [1.54, 1.807) is 45.0 Å². The summed E-state index contributed by atoms with van der Waals surface area (Å²) in [6.07, 6.45) is -0.674. The van der Waals surface area contributed by atoms with Crippen LogP contribution in [-0.4, -0.2) is 37.4 Å². The average Bonchev–Trinajstić information content (AvgIpc) is 3.30. The topological polar surface area (TPSA) is 98.5 Å². The molecule has 1 aliphatic rings. The van der Waals surface area contributed by atoms with E-state index in [2.05, 4.69) is 5.32 Å². The molecule has 30 heavy (non-hydrogen) atoms. The van der Waals surface area contributed by atoms with Crippen LogP contribution in [0.2, 0.25) is 0 Å². The summed E-state index contributed by atoms with van der Waals surface area (Å²) in [6, 6.07) is 14.4. The third-order valence-electron chi connectivity index (χ3n) is 5.45. The van der Waals surface area contributed by atoms with Crippen LogP contribution in [0.4, 0.5) is 4.79 Å². The second-order valence-electron chi connectivity index (χ2n) is 9.04. The molecule has 1 aliphatic carbocycles. The lowest BCUT2D eigenvalue weighted by Crippen LogP contribution is -2.49. The van der Waals surface area contributed by atoms with Gasteiger partial charge in [0.25, 0.3) is 0 Å². The zero-order valence-electron chi connectivity index (χ0n) is 18.1. The highest BCUT2D eigenvalue weighted by atomic mass is 32.2. The fourth-order valence-corrected chi connectivity index (χ4v) is 6.26. The summed E-state index contributed by atoms with van der Waals surface area (Å²) in [4.78, 5) is 12.8. The largest absolute Gasteiger partial charge is 0.444 e. The summed E-state index contributed by atoms with van der Waals surface area (Å²) in [7, 11) is -3.75. The molecule has 2 aromatic carbocycles. The quantitative estimate of drug-likeness (QED) is 0.757. The van der Waals surface area contributed by atoms with Crippen molar-refractivity contribution in [2.45, 2.75) is 61.8 Å². The van der Waals surface area contributed by atoms with Crippen LogP contribution >= 0.6 is 0 Å². The first-order valence-corrected chi connectivity index (χ1v) is 11.5. The molecule has 0 aromatic heterocycles. The zero-order valence-corrected chi connectivity index (χ0v) is 18.9. The van der Waals surface area contributed by atoms with Crippen LogP contribution in [0.15, 0.2) is 53.4 Å². The second kappa shape index (κ2) is 7.71. The Hall–Kier alpha value is -2.38. The van der Waals surface area contributed by atoms with Gasteiger partial charge in [-0.15, -0.1) is 0 Å². The van der Waals surface area contributed by atoms with Gasteiger partial charge in [0.1, 0.15) is 10.9 Å². The van der Waals surface area contributed by atoms with E-state index in [-0.39, 0.29) is 11.4 Å². The molecule has 0 heterocycles. The Bertz CT molecular complexity index is 1020. The first kappa shape index (κ1) is 22.3. The molecule has 0 spiro atoms. The zero-order chi connectivity index (χ0) is 22.3. The molecule has 0 unspecified atom stereocenters. The van der Waals surface area contributed by atoms with Crippen LogP contribution in [0.25, 0.3) is 0 Å². The fraction of sp³-hybridized carbons (Fsp3) is 0.435. The first-order valence-electron chi connectivity index (χ1n) is 9.99. The predicted molar refractivity (Wildman–Crippen MR) is 117 cm³/mol. The molecule has 1 saturated carbocycles. The highest BCUT2D eigenvalue weighted by Gasteiger charge is 2.71. The van der Waals surface area contributed by atoms with Gasteiger partial charge in [0, 0.05) is 12.5 Å². The molecule has 0 bridgehead atoms. The third-order valence-corrected chi connectivity index (χ3v) is 7.74. The minimum Gasteiger partial charge on any atom is -0.444 e. The highest BCUT2D eigenvalue weighted by molar-refractivity contribution is 7.92. The van der Waals surface area contributed by atoms with Crippen LogP contribution in [0.5, 0.6) is 0 Å². The van der Waals surface area contributed by atoms with Gasteiger partial charge in [-0.1, -0.05) is 47.5 Å². The van der Waals surface area contributed by atoms with Crippen molar-refractivity contribution >= 4 is 15.9 Å². The number of aryl methyl sites for hydroxylation is 2. The van der Waals surface area contributed by atoms with Gasteiger partial charge < -0.3 is 15.8 Å². The highest BCUT2D eigenvalue weighted by Crippen LogP contribution is 2.57. The van der Waals surface area contributed by atoms with Crippen molar-refractivity contribution in [2.24, 2.45) is 5.73 Å². The number of carbonyl (C=O) groups is 1. The minimum absolute atomic E-state index is 0.0272. The standard InChI is InChI=1S/C23H30N2O4S/c1-15-6-10-17(11-7-15)19-20(30(27,28)18-12-8-16(2)9-13-18)23(19,14-24)25-21(26)29-22(3,4)5/h6-13,19-20H,14,24H2,1-5H3,(H,25,26)/t19-,20-,23-/m1/s1. The van der Waals surface area contributed by atoms with E-state index in [9.17, 15) is 13.2 Å². The molecular formula is C23H30N2O4S. The van der Waals surface area contributed by atoms with E-state index in [1.165, 1.54) is 0 Å². The number of amides is 1. The molecule has 7 heteroatoms. The van der Waals surface area contributed by atoms with Crippen molar-refractivity contribution in [1.29, 1.82) is 0 Å². The maximum Gasteiger partial charge on any atom is 0.408 e. The maximum absolute atomic E-state index is 13.5. The molecule has 0 aliphatic heterocycles. The minimum atomic E-state index is -3.75. The van der Waals surface area contributed by atoms with Crippen molar-refractivity contribution in [3.8, 4) is 0 Å². The normalized spacial score (nSPS) is 23.7. The molecule has 162 valence electrons. The molecular weight excluding hydrogens is 400 g/mol. The lowest BCUT2D eigenvalue weighted by atomic mass is 10.0. The molecule has 0 radical (unpaired) electrons. The first-order chi connectivity index (χ1) is 13.9. The lowest BCUT2D eigenvalue weighted by Gasteiger charge is -2.24. The summed E-state index contributed by atoms with van der Waals surface area (Å²) in [5.74, 6) is -0.470. The molecule has 3 atom stereocenters. The molecule has 3 N–H and O–H groups in total. The number of rotatable bonds is 5. The number of nitrogens with two attached hydrogens (primary N) is 1. The van der Waals surface area contributed by atoms with E-state index in [0.29, 0.717) is 0 Å². The third kappa shape index (κ3) is 4.23. The second-order valence-corrected chi connectivity index (χ2v) is 11.1. The van der Waals surface area contributed by atoms with E-state index < -0.39 is 38.2 Å². The monoisotopic (exact) mass is 430 g/mol. The molecule has 3 rings (SSSR count). The Morgan fingerprint density at radius 2 is 1.53 bits per heavy atom. The van der Waals surface area contributed by atoms with E-state index in [0.717, 1.165) is 16.7 Å². The van der Waals surface area contributed by atoms with Gasteiger partial charge in [0.05, 0.1) is 10.4 Å². The van der Waals surface area contributed by atoms with Crippen molar-refractivity contribution in [1.82, 2.24) is 5.32 Å². The molecule has 1 amide bonds. The van der Waals surface area contributed by atoms with Crippen molar-refractivity contribution in [3.63, 3.8) is 0 Å². The summed E-state index contributed by atoms with van der Waals surface area (Å²) in [6.45, 7) is 9.11. The number of benzene rings is 2. The van der Waals surface area contributed by atoms with Crippen LogP contribution in [0.3, 0.4) is 0 Å². The molecule has 2 aromatic rings. The lowest BCUT2D eigenvalue weighted by molar-refractivity contribution is 0.0497. The molecule has 0 saturated heterocycles. The Morgan fingerprint density at radius 3 is 2.00 bits per heavy atom. The van der Waals surface area contributed by atoms with Gasteiger partial charge in [-0.2, -0.15) is 0 Å². The Labute approximate surface area is 178 Å². The number of alkyl carbamates (subject to hydrolysis) is 1. The van der Waals surface area contributed by atoms with Crippen molar-refractivity contribution < 1.29 is 17.9 Å². The van der Waals surface area contributed by atoms with E-state index >= 15 is 0 Å². The van der Waals surface area contributed by atoms with Crippen molar-refractivity contribution in [3.05, 3.63) is 65.2 Å². The summed E-state index contributed by atoms with van der Waals surface area (Å²) in [5, 5.41) is 1.93. The number of sulfone groups is 1.